The standard InChI is InChI=1S/C10H13N.2C2H6/c1-4-9-5-7-10(8-6-9)11(2)3;2*1-2/h4-8H,1H2,2-3H3;2*1-2H3. The predicted molar refractivity (Wildman–Crippen MR) is 73.6 cm³/mol. The van der Waals surface area contributed by atoms with Gasteiger partial charge in [-0.1, -0.05) is 52.5 Å². The molecule has 0 N–H and O–H groups in total. The van der Waals surface area contributed by atoms with E-state index in [2.05, 4.69) is 35.7 Å². The smallest absolute Gasteiger partial charge is 0.0361 e. The van der Waals surface area contributed by atoms with Crippen LogP contribution in [0.5, 0.6) is 0 Å². The van der Waals surface area contributed by atoms with Crippen molar-refractivity contribution in [1.82, 2.24) is 0 Å². The maximum atomic E-state index is 3.69. The van der Waals surface area contributed by atoms with Crippen molar-refractivity contribution in [2.75, 3.05) is 19.0 Å². The van der Waals surface area contributed by atoms with Crippen LogP contribution in [0.1, 0.15) is 33.3 Å². The molecule has 1 rings (SSSR count). The van der Waals surface area contributed by atoms with Gasteiger partial charge >= 0.3 is 0 Å². The Morgan fingerprint density at radius 3 is 1.60 bits per heavy atom. The van der Waals surface area contributed by atoms with Gasteiger partial charge in [-0.05, 0) is 17.7 Å². The van der Waals surface area contributed by atoms with Crippen molar-refractivity contribution < 1.29 is 0 Å². The fraction of sp³-hybridized carbons (Fsp3) is 0.429. The molecule has 15 heavy (non-hydrogen) atoms. The van der Waals surface area contributed by atoms with E-state index in [1.807, 2.05) is 47.9 Å². The molecule has 0 bridgehead atoms. The molecule has 0 atom stereocenters. The molecule has 0 saturated carbocycles. The quantitative estimate of drug-likeness (QED) is 0.692. The van der Waals surface area contributed by atoms with Crippen LogP contribution in [0, 0.1) is 0 Å². The number of anilines is 1. The SMILES string of the molecule is C=Cc1ccc(N(C)C)cc1.CC.CC. The average molecular weight is 207 g/mol. The third-order valence-corrected chi connectivity index (χ3v) is 1.65. The molecule has 0 aliphatic carbocycles. The lowest BCUT2D eigenvalue weighted by Gasteiger charge is -2.11. The van der Waals surface area contributed by atoms with Crippen molar-refractivity contribution in [1.29, 1.82) is 0 Å². The molecule has 1 aromatic carbocycles. The number of benzene rings is 1. The molecular weight excluding hydrogens is 182 g/mol. The van der Waals surface area contributed by atoms with Gasteiger partial charge in [0.05, 0.1) is 0 Å². The molecule has 0 spiro atoms. The summed E-state index contributed by atoms with van der Waals surface area (Å²) in [7, 11) is 4.06. The van der Waals surface area contributed by atoms with Gasteiger partial charge in [-0.3, -0.25) is 0 Å². The van der Waals surface area contributed by atoms with E-state index in [1.54, 1.807) is 0 Å². The van der Waals surface area contributed by atoms with Gasteiger partial charge < -0.3 is 4.90 Å². The van der Waals surface area contributed by atoms with Gasteiger partial charge in [-0.15, -0.1) is 0 Å². The summed E-state index contributed by atoms with van der Waals surface area (Å²) in [6.07, 6.45) is 1.85. The molecular formula is C14H25N. The van der Waals surface area contributed by atoms with Crippen LogP contribution in [-0.4, -0.2) is 14.1 Å². The summed E-state index contributed by atoms with van der Waals surface area (Å²) in [4.78, 5) is 2.08. The van der Waals surface area contributed by atoms with Crippen molar-refractivity contribution in [3.8, 4) is 0 Å². The molecule has 0 saturated heterocycles. The second-order valence-corrected chi connectivity index (χ2v) is 2.69. The van der Waals surface area contributed by atoms with E-state index < -0.39 is 0 Å². The highest BCUT2D eigenvalue weighted by Gasteiger charge is 1.91. The Labute approximate surface area is 95.4 Å². The van der Waals surface area contributed by atoms with E-state index in [0.29, 0.717) is 0 Å². The second-order valence-electron chi connectivity index (χ2n) is 2.69. The van der Waals surface area contributed by atoms with E-state index in [9.17, 15) is 0 Å². The Kier molecular flexibility index (Phi) is 11.7. The minimum absolute atomic E-state index is 1.16. The molecule has 1 aromatic rings. The molecule has 1 heteroatoms. The zero-order valence-electron chi connectivity index (χ0n) is 11.0. The largest absolute Gasteiger partial charge is 0.378 e. The Bertz CT molecular complexity index is 234. The van der Waals surface area contributed by atoms with E-state index in [1.165, 1.54) is 5.69 Å². The maximum Gasteiger partial charge on any atom is 0.0361 e. The average Bonchev–Trinajstić information content (AvgIpc) is 2.34. The molecule has 0 radical (unpaired) electrons. The summed E-state index contributed by atoms with van der Waals surface area (Å²) < 4.78 is 0. The second kappa shape index (κ2) is 10.8. The summed E-state index contributed by atoms with van der Waals surface area (Å²) in [6.45, 7) is 11.7. The molecule has 0 amide bonds. The van der Waals surface area contributed by atoms with Crippen LogP contribution < -0.4 is 4.90 Å². The summed E-state index contributed by atoms with van der Waals surface area (Å²) in [6, 6.07) is 8.28. The van der Waals surface area contributed by atoms with Gasteiger partial charge in [0.15, 0.2) is 0 Å². The molecule has 0 unspecified atom stereocenters. The Morgan fingerprint density at radius 1 is 0.933 bits per heavy atom. The molecule has 0 aliphatic heterocycles. The zero-order valence-corrected chi connectivity index (χ0v) is 11.0. The highest BCUT2D eigenvalue weighted by molar-refractivity contribution is 5.54. The fourth-order valence-electron chi connectivity index (χ4n) is 0.909. The predicted octanol–water partition coefficient (Wildman–Crippen LogP) is 4.45. The van der Waals surface area contributed by atoms with Crippen molar-refractivity contribution in [3.05, 3.63) is 36.4 Å². The van der Waals surface area contributed by atoms with Crippen LogP contribution in [-0.2, 0) is 0 Å². The van der Waals surface area contributed by atoms with Crippen LogP contribution in [0.4, 0.5) is 5.69 Å². The first-order valence-corrected chi connectivity index (χ1v) is 5.64. The van der Waals surface area contributed by atoms with Gasteiger partial charge in [-0.2, -0.15) is 0 Å². The number of rotatable bonds is 2. The topological polar surface area (TPSA) is 3.24 Å². The van der Waals surface area contributed by atoms with Gasteiger partial charge in [0.25, 0.3) is 0 Å². The summed E-state index contributed by atoms with van der Waals surface area (Å²) >= 11 is 0. The molecule has 0 aromatic heterocycles. The first-order valence-electron chi connectivity index (χ1n) is 5.64. The highest BCUT2D eigenvalue weighted by atomic mass is 15.1. The summed E-state index contributed by atoms with van der Waals surface area (Å²) in [5.74, 6) is 0. The number of hydrogen-bond acceptors (Lipinski definition) is 1. The van der Waals surface area contributed by atoms with Gasteiger partial charge in [0, 0.05) is 19.8 Å². The maximum absolute atomic E-state index is 3.69. The lowest BCUT2D eigenvalue weighted by molar-refractivity contribution is 1.13. The first kappa shape index (κ1) is 16.2. The normalized spacial score (nSPS) is 7.60. The van der Waals surface area contributed by atoms with Crippen LogP contribution in [0.2, 0.25) is 0 Å². The molecule has 0 fully saturated rings. The molecule has 0 aliphatic rings. The Hall–Kier alpha value is -1.24. The van der Waals surface area contributed by atoms with Crippen LogP contribution in [0.3, 0.4) is 0 Å². The molecule has 0 heterocycles. The minimum atomic E-state index is 1.16. The lowest BCUT2D eigenvalue weighted by atomic mass is 10.2. The van der Waals surface area contributed by atoms with Crippen LogP contribution in [0.15, 0.2) is 30.8 Å². The Balaban J connectivity index is 0. The Morgan fingerprint density at radius 2 is 1.33 bits per heavy atom. The van der Waals surface area contributed by atoms with Gasteiger partial charge in [0.1, 0.15) is 0 Å². The number of hydrogen-bond donors (Lipinski definition) is 0. The van der Waals surface area contributed by atoms with Crippen molar-refractivity contribution in [3.63, 3.8) is 0 Å². The molecule has 86 valence electrons. The molecule has 1 nitrogen and oxygen atoms in total. The van der Waals surface area contributed by atoms with E-state index >= 15 is 0 Å². The van der Waals surface area contributed by atoms with Gasteiger partial charge in [0.2, 0.25) is 0 Å². The third kappa shape index (κ3) is 6.78. The van der Waals surface area contributed by atoms with E-state index in [4.69, 9.17) is 0 Å². The monoisotopic (exact) mass is 207 g/mol. The highest BCUT2D eigenvalue weighted by Crippen LogP contribution is 2.12. The van der Waals surface area contributed by atoms with Crippen molar-refractivity contribution >= 4 is 11.8 Å². The minimum Gasteiger partial charge on any atom is -0.378 e. The summed E-state index contributed by atoms with van der Waals surface area (Å²) in [5.41, 5.74) is 2.38. The van der Waals surface area contributed by atoms with E-state index in [-0.39, 0.29) is 0 Å². The third-order valence-electron chi connectivity index (χ3n) is 1.65. The first-order chi connectivity index (χ1) is 7.24. The van der Waals surface area contributed by atoms with Crippen molar-refractivity contribution in [2.24, 2.45) is 0 Å². The van der Waals surface area contributed by atoms with Crippen molar-refractivity contribution in [2.45, 2.75) is 27.7 Å². The van der Waals surface area contributed by atoms with E-state index in [0.717, 1.165) is 5.56 Å². The number of nitrogens with zero attached hydrogens (tertiary/aromatic N) is 1. The summed E-state index contributed by atoms with van der Waals surface area (Å²) in [5, 5.41) is 0. The zero-order chi connectivity index (χ0) is 12.3. The van der Waals surface area contributed by atoms with Crippen LogP contribution in [0.25, 0.3) is 6.08 Å². The lowest BCUT2D eigenvalue weighted by Crippen LogP contribution is -2.07. The fourth-order valence-corrected chi connectivity index (χ4v) is 0.909. The van der Waals surface area contributed by atoms with Gasteiger partial charge in [-0.25, -0.2) is 0 Å². The van der Waals surface area contributed by atoms with Crippen LogP contribution >= 0.6 is 0 Å².